The Kier molecular flexibility index (Phi) is 6.18. The summed E-state index contributed by atoms with van der Waals surface area (Å²) in [5.74, 6) is -1.31. The number of hydrogen-bond donors (Lipinski definition) is 2. The van der Waals surface area contributed by atoms with Gasteiger partial charge in [-0.15, -0.1) is 0 Å². The summed E-state index contributed by atoms with van der Waals surface area (Å²) in [6.45, 7) is 3.33. The van der Waals surface area contributed by atoms with Gasteiger partial charge in [0.25, 0.3) is 0 Å². The van der Waals surface area contributed by atoms with Crippen molar-refractivity contribution < 1.29 is 33.0 Å². The second-order valence-corrected chi connectivity index (χ2v) is 6.35. The molecule has 1 aliphatic rings. The lowest BCUT2D eigenvalue weighted by Gasteiger charge is -2.26. The smallest absolute Gasteiger partial charge is 0.375 e. The number of rotatable bonds is 7. The second-order valence-electron chi connectivity index (χ2n) is 6.35. The van der Waals surface area contributed by atoms with Crippen molar-refractivity contribution in [1.82, 2.24) is 10.6 Å². The quantitative estimate of drug-likeness (QED) is 0.683. The van der Waals surface area contributed by atoms with Crippen molar-refractivity contribution in [3.8, 4) is 0 Å². The van der Waals surface area contributed by atoms with Gasteiger partial charge in [0.05, 0.1) is 30.5 Å². The maximum absolute atomic E-state index is 12.7. The molecule has 0 fully saturated rings. The topological polar surface area (TPSA) is 116 Å². The van der Waals surface area contributed by atoms with Gasteiger partial charge in [-0.25, -0.2) is 14.4 Å². The molecule has 29 heavy (non-hydrogen) atoms. The summed E-state index contributed by atoms with van der Waals surface area (Å²) in [7, 11) is 1.51. The minimum atomic E-state index is -0.732. The summed E-state index contributed by atoms with van der Waals surface area (Å²) >= 11 is 0. The van der Waals surface area contributed by atoms with Gasteiger partial charge >= 0.3 is 18.0 Å². The van der Waals surface area contributed by atoms with Crippen LogP contribution >= 0.6 is 0 Å². The number of esters is 2. The highest BCUT2D eigenvalue weighted by Crippen LogP contribution is 2.27. The molecule has 9 heteroatoms. The number of methoxy groups -OCH3 is 1. The molecule has 3 rings (SSSR count). The Labute approximate surface area is 167 Å². The van der Waals surface area contributed by atoms with E-state index in [0.717, 1.165) is 5.39 Å². The summed E-state index contributed by atoms with van der Waals surface area (Å²) in [5, 5.41) is 5.83. The highest BCUT2D eigenvalue weighted by atomic mass is 16.5. The molecule has 154 valence electrons. The number of para-hydroxylation sites is 1. The predicted molar refractivity (Wildman–Crippen MR) is 102 cm³/mol. The van der Waals surface area contributed by atoms with E-state index in [1.54, 1.807) is 26.0 Å². The zero-order valence-electron chi connectivity index (χ0n) is 16.4. The minimum absolute atomic E-state index is 0.0136. The summed E-state index contributed by atoms with van der Waals surface area (Å²) < 4.78 is 21.2. The third-order valence-electron chi connectivity index (χ3n) is 4.39. The third kappa shape index (κ3) is 4.24. The Morgan fingerprint density at radius 3 is 2.62 bits per heavy atom. The number of fused-ring (bicyclic) bond motifs is 1. The molecule has 0 saturated heterocycles. The number of amides is 2. The first kappa shape index (κ1) is 20.4. The highest BCUT2D eigenvalue weighted by molar-refractivity contribution is 5.97. The van der Waals surface area contributed by atoms with Gasteiger partial charge in [-0.1, -0.05) is 18.2 Å². The van der Waals surface area contributed by atoms with Crippen molar-refractivity contribution in [3.63, 3.8) is 0 Å². The lowest BCUT2D eigenvalue weighted by molar-refractivity contribution is -0.139. The number of carbonyl (C=O) groups excluding carboxylic acids is 3. The van der Waals surface area contributed by atoms with Crippen LogP contribution in [0.5, 0.6) is 0 Å². The highest BCUT2D eigenvalue weighted by Gasteiger charge is 2.31. The molecule has 0 spiro atoms. The van der Waals surface area contributed by atoms with E-state index < -0.39 is 24.0 Å². The van der Waals surface area contributed by atoms with E-state index in [-0.39, 0.29) is 36.9 Å². The van der Waals surface area contributed by atoms with Gasteiger partial charge in [0.2, 0.25) is 5.76 Å². The van der Waals surface area contributed by atoms with E-state index in [1.807, 2.05) is 12.1 Å². The molecule has 2 heterocycles. The maximum Gasteiger partial charge on any atom is 0.375 e. The van der Waals surface area contributed by atoms with Crippen molar-refractivity contribution in [2.75, 3.05) is 20.3 Å². The van der Waals surface area contributed by atoms with Gasteiger partial charge in [0.15, 0.2) is 0 Å². The van der Waals surface area contributed by atoms with Crippen LogP contribution in [0.15, 0.2) is 40.0 Å². The molecule has 0 bridgehead atoms. The molecule has 0 aliphatic carbocycles. The van der Waals surface area contributed by atoms with Crippen LogP contribution in [0, 0.1) is 0 Å². The van der Waals surface area contributed by atoms with Crippen LogP contribution in [0.1, 0.15) is 30.0 Å². The van der Waals surface area contributed by atoms with Crippen LogP contribution in [0.25, 0.3) is 11.0 Å². The van der Waals surface area contributed by atoms with Crippen molar-refractivity contribution in [3.05, 3.63) is 46.9 Å². The van der Waals surface area contributed by atoms with E-state index in [9.17, 15) is 14.4 Å². The van der Waals surface area contributed by atoms with Gasteiger partial charge in [-0.05, 0) is 19.9 Å². The Hall–Kier alpha value is -3.33. The summed E-state index contributed by atoms with van der Waals surface area (Å²) in [6, 6.07) is 6.09. The average molecular weight is 402 g/mol. The normalized spacial score (nSPS) is 16.4. The molecular weight excluding hydrogens is 380 g/mol. The number of furan rings is 1. The second kappa shape index (κ2) is 8.78. The Balaban J connectivity index is 1.86. The maximum atomic E-state index is 12.7. The first-order valence-corrected chi connectivity index (χ1v) is 9.10. The number of ether oxygens (including phenoxy) is 3. The molecule has 1 aromatic carbocycles. The molecule has 1 aromatic heterocycles. The fourth-order valence-electron chi connectivity index (χ4n) is 3.15. The zero-order chi connectivity index (χ0) is 21.0. The SMILES string of the molecule is CCOC(=O)C1=C(COC(=O)c2oc3ccccc3c2COC)NC(=O)N[C@@H]1C. The summed E-state index contributed by atoms with van der Waals surface area (Å²) in [5.41, 5.74) is 1.45. The predicted octanol–water partition coefficient (Wildman–Crippen LogP) is 2.25. The number of benzene rings is 1. The lowest BCUT2D eigenvalue weighted by atomic mass is 10.0. The van der Waals surface area contributed by atoms with Gasteiger partial charge in [0, 0.05) is 18.1 Å². The molecule has 1 atom stereocenters. The molecule has 2 N–H and O–H groups in total. The number of urea groups is 1. The molecule has 0 unspecified atom stereocenters. The molecule has 2 amide bonds. The number of carbonyl (C=O) groups is 3. The van der Waals surface area contributed by atoms with E-state index in [0.29, 0.717) is 11.1 Å². The molecule has 1 aliphatic heterocycles. The first-order valence-electron chi connectivity index (χ1n) is 9.10. The average Bonchev–Trinajstić information content (AvgIpc) is 3.05. The van der Waals surface area contributed by atoms with Crippen LogP contribution in [-0.4, -0.2) is 44.3 Å². The molecule has 0 saturated carbocycles. The van der Waals surface area contributed by atoms with E-state index in [4.69, 9.17) is 18.6 Å². The monoisotopic (exact) mass is 402 g/mol. The summed E-state index contributed by atoms with van der Waals surface area (Å²) in [6.07, 6.45) is 0. The molecule has 9 nitrogen and oxygen atoms in total. The van der Waals surface area contributed by atoms with Crippen molar-refractivity contribution in [1.29, 1.82) is 0 Å². The zero-order valence-corrected chi connectivity index (χ0v) is 16.4. The largest absolute Gasteiger partial charge is 0.463 e. The lowest BCUT2D eigenvalue weighted by Crippen LogP contribution is -2.50. The molecule has 2 aromatic rings. The van der Waals surface area contributed by atoms with Crippen LogP contribution in [-0.2, 0) is 25.6 Å². The van der Waals surface area contributed by atoms with Gasteiger partial charge in [-0.2, -0.15) is 0 Å². The van der Waals surface area contributed by atoms with Gasteiger partial charge in [0.1, 0.15) is 12.2 Å². The Bertz CT molecular complexity index is 976. The van der Waals surface area contributed by atoms with Crippen LogP contribution < -0.4 is 10.6 Å². The summed E-state index contributed by atoms with van der Waals surface area (Å²) in [4.78, 5) is 36.7. The fourth-order valence-corrected chi connectivity index (χ4v) is 3.15. The minimum Gasteiger partial charge on any atom is -0.463 e. The van der Waals surface area contributed by atoms with E-state index in [1.165, 1.54) is 7.11 Å². The number of nitrogens with one attached hydrogen (secondary N) is 2. The Morgan fingerprint density at radius 1 is 1.14 bits per heavy atom. The number of hydrogen-bond acceptors (Lipinski definition) is 7. The fraction of sp³-hybridized carbons (Fsp3) is 0.350. The third-order valence-corrected chi connectivity index (χ3v) is 4.39. The van der Waals surface area contributed by atoms with Crippen molar-refractivity contribution in [2.45, 2.75) is 26.5 Å². The van der Waals surface area contributed by atoms with Crippen LogP contribution in [0.4, 0.5) is 4.79 Å². The van der Waals surface area contributed by atoms with E-state index in [2.05, 4.69) is 10.6 Å². The Morgan fingerprint density at radius 2 is 1.90 bits per heavy atom. The van der Waals surface area contributed by atoms with Crippen molar-refractivity contribution in [2.24, 2.45) is 0 Å². The van der Waals surface area contributed by atoms with Gasteiger partial charge < -0.3 is 29.3 Å². The first-order chi connectivity index (χ1) is 14.0. The van der Waals surface area contributed by atoms with Gasteiger partial charge in [-0.3, -0.25) is 0 Å². The molecular formula is C20H22N2O7. The van der Waals surface area contributed by atoms with Crippen LogP contribution in [0.3, 0.4) is 0 Å². The van der Waals surface area contributed by atoms with E-state index >= 15 is 0 Å². The van der Waals surface area contributed by atoms with Crippen molar-refractivity contribution >= 4 is 28.9 Å². The van der Waals surface area contributed by atoms with Crippen LogP contribution in [0.2, 0.25) is 0 Å². The molecule has 0 radical (unpaired) electrons. The standard InChI is InChI=1S/C20H22N2O7/c1-4-27-18(23)16-11(2)21-20(25)22-14(16)10-28-19(24)17-13(9-26-3)12-7-5-6-8-15(12)29-17/h5-8,11H,4,9-10H2,1-3H3,(H2,21,22,25)/t11-/m1/s1.